The van der Waals surface area contributed by atoms with Gasteiger partial charge in [-0.1, -0.05) is 11.6 Å². The van der Waals surface area contributed by atoms with Crippen LogP contribution in [0.15, 0.2) is 12.1 Å². The number of halogens is 2. The van der Waals surface area contributed by atoms with Gasteiger partial charge in [-0.2, -0.15) is 0 Å². The number of benzene rings is 1. The first-order valence-electron chi connectivity index (χ1n) is 5.04. The lowest BCUT2D eigenvalue weighted by molar-refractivity contribution is 0.191. The maximum atomic E-state index is 13.0. The van der Waals surface area contributed by atoms with Crippen molar-refractivity contribution in [2.24, 2.45) is 0 Å². The van der Waals surface area contributed by atoms with Crippen molar-refractivity contribution in [1.82, 2.24) is 0 Å². The lowest BCUT2D eigenvalue weighted by atomic mass is 10.2. The first kappa shape index (κ1) is 13.1. The van der Waals surface area contributed by atoms with E-state index in [2.05, 4.69) is 5.32 Å². The van der Waals surface area contributed by atoms with E-state index in [-0.39, 0.29) is 11.1 Å². The van der Waals surface area contributed by atoms with Gasteiger partial charge in [-0.15, -0.1) is 0 Å². The molecule has 1 unspecified atom stereocenters. The summed E-state index contributed by atoms with van der Waals surface area (Å²) in [6, 6.07) is 2.90. The molecule has 0 saturated carbocycles. The van der Waals surface area contributed by atoms with Crippen LogP contribution in [0.3, 0.4) is 0 Å². The summed E-state index contributed by atoms with van der Waals surface area (Å²) in [7, 11) is 1.65. The molecule has 5 heteroatoms. The highest BCUT2D eigenvalue weighted by Crippen LogP contribution is 2.26. The van der Waals surface area contributed by atoms with E-state index in [1.54, 1.807) is 7.11 Å². The van der Waals surface area contributed by atoms with E-state index in [0.717, 1.165) is 6.42 Å². The van der Waals surface area contributed by atoms with E-state index in [9.17, 15) is 4.39 Å². The Labute approximate surface area is 99.7 Å². The van der Waals surface area contributed by atoms with Crippen molar-refractivity contribution in [3.63, 3.8) is 0 Å². The maximum absolute atomic E-state index is 13.0. The molecule has 1 atom stereocenters. The number of hydrogen-bond acceptors (Lipinski definition) is 3. The van der Waals surface area contributed by atoms with Crippen molar-refractivity contribution >= 4 is 23.0 Å². The molecular weight excluding hydrogens is 231 g/mol. The highest BCUT2D eigenvalue weighted by molar-refractivity contribution is 6.31. The minimum absolute atomic E-state index is 0.0654. The number of methoxy groups -OCH3 is 1. The first-order chi connectivity index (χ1) is 7.54. The van der Waals surface area contributed by atoms with Gasteiger partial charge in [0.15, 0.2) is 0 Å². The molecule has 0 spiro atoms. The average molecular weight is 247 g/mol. The SMILES string of the molecule is COCCC(C)Nc1cc(Cl)c(F)cc1N. The summed E-state index contributed by atoms with van der Waals surface area (Å²) in [5, 5.41) is 3.22. The minimum Gasteiger partial charge on any atom is -0.397 e. The molecule has 0 bridgehead atoms. The monoisotopic (exact) mass is 246 g/mol. The van der Waals surface area contributed by atoms with Gasteiger partial charge in [0.25, 0.3) is 0 Å². The molecule has 0 amide bonds. The molecule has 0 heterocycles. The molecule has 0 aliphatic carbocycles. The molecule has 1 aromatic rings. The second-order valence-electron chi connectivity index (χ2n) is 3.68. The van der Waals surface area contributed by atoms with Gasteiger partial charge in [0, 0.05) is 25.8 Å². The predicted molar refractivity (Wildman–Crippen MR) is 65.4 cm³/mol. The van der Waals surface area contributed by atoms with E-state index >= 15 is 0 Å². The summed E-state index contributed by atoms with van der Waals surface area (Å²) in [5.41, 5.74) is 6.68. The van der Waals surface area contributed by atoms with Crippen molar-refractivity contribution in [3.05, 3.63) is 23.0 Å². The molecule has 1 aromatic carbocycles. The van der Waals surface area contributed by atoms with Crippen LogP contribution in [-0.4, -0.2) is 19.8 Å². The fraction of sp³-hybridized carbons (Fsp3) is 0.455. The third kappa shape index (κ3) is 3.54. The molecule has 90 valence electrons. The molecule has 0 aliphatic heterocycles. The molecular formula is C11H16ClFN2O. The van der Waals surface area contributed by atoms with Gasteiger partial charge in [-0.05, 0) is 19.4 Å². The van der Waals surface area contributed by atoms with Crippen LogP contribution >= 0.6 is 11.6 Å². The van der Waals surface area contributed by atoms with Gasteiger partial charge in [-0.25, -0.2) is 4.39 Å². The van der Waals surface area contributed by atoms with Gasteiger partial charge in [-0.3, -0.25) is 0 Å². The Hall–Kier alpha value is -1.00. The van der Waals surface area contributed by atoms with Crippen molar-refractivity contribution < 1.29 is 9.13 Å². The quantitative estimate of drug-likeness (QED) is 0.786. The van der Waals surface area contributed by atoms with Crippen molar-refractivity contribution in [1.29, 1.82) is 0 Å². The van der Waals surface area contributed by atoms with Crippen LogP contribution in [0.25, 0.3) is 0 Å². The van der Waals surface area contributed by atoms with Gasteiger partial charge in [0.1, 0.15) is 5.82 Å². The van der Waals surface area contributed by atoms with Crippen LogP contribution in [-0.2, 0) is 4.74 Å². The third-order valence-corrected chi connectivity index (χ3v) is 2.54. The zero-order valence-electron chi connectivity index (χ0n) is 9.39. The van der Waals surface area contributed by atoms with E-state index in [1.807, 2.05) is 6.92 Å². The van der Waals surface area contributed by atoms with Crippen LogP contribution in [0.4, 0.5) is 15.8 Å². The molecule has 0 fully saturated rings. The van der Waals surface area contributed by atoms with Gasteiger partial charge < -0.3 is 15.8 Å². The Morgan fingerprint density at radius 3 is 2.88 bits per heavy atom. The van der Waals surface area contributed by atoms with Crippen LogP contribution in [0.1, 0.15) is 13.3 Å². The van der Waals surface area contributed by atoms with E-state index in [1.165, 1.54) is 12.1 Å². The lowest BCUT2D eigenvalue weighted by Crippen LogP contribution is -2.18. The van der Waals surface area contributed by atoms with Gasteiger partial charge >= 0.3 is 0 Å². The molecule has 0 radical (unpaired) electrons. The zero-order chi connectivity index (χ0) is 12.1. The van der Waals surface area contributed by atoms with E-state index < -0.39 is 5.82 Å². The first-order valence-corrected chi connectivity index (χ1v) is 5.42. The maximum Gasteiger partial charge on any atom is 0.143 e. The summed E-state index contributed by atoms with van der Waals surface area (Å²) in [6.07, 6.45) is 0.838. The van der Waals surface area contributed by atoms with Crippen LogP contribution < -0.4 is 11.1 Å². The lowest BCUT2D eigenvalue weighted by Gasteiger charge is -2.16. The van der Waals surface area contributed by atoms with Crippen LogP contribution in [0, 0.1) is 5.82 Å². The van der Waals surface area contributed by atoms with E-state index in [4.69, 9.17) is 22.1 Å². The second-order valence-corrected chi connectivity index (χ2v) is 4.09. The van der Waals surface area contributed by atoms with Gasteiger partial charge in [0.2, 0.25) is 0 Å². The smallest absolute Gasteiger partial charge is 0.143 e. The van der Waals surface area contributed by atoms with Crippen LogP contribution in [0.5, 0.6) is 0 Å². The topological polar surface area (TPSA) is 47.3 Å². The summed E-state index contributed by atoms with van der Waals surface area (Å²) in [6.45, 7) is 2.65. The fourth-order valence-corrected chi connectivity index (χ4v) is 1.48. The fourth-order valence-electron chi connectivity index (χ4n) is 1.32. The molecule has 0 aromatic heterocycles. The third-order valence-electron chi connectivity index (χ3n) is 2.25. The molecule has 3 nitrogen and oxygen atoms in total. The number of nitrogens with two attached hydrogens (primary N) is 1. The number of ether oxygens (including phenoxy) is 1. The predicted octanol–water partition coefficient (Wildman–Crippen LogP) is 2.90. The summed E-state index contributed by atoms with van der Waals surface area (Å²) >= 11 is 5.68. The van der Waals surface area contributed by atoms with Crippen molar-refractivity contribution in [2.45, 2.75) is 19.4 Å². The number of rotatable bonds is 5. The summed E-state index contributed by atoms with van der Waals surface area (Å²) < 4.78 is 18.0. The second kappa shape index (κ2) is 5.92. The Morgan fingerprint density at radius 1 is 1.56 bits per heavy atom. The Bertz CT molecular complexity index is 360. The van der Waals surface area contributed by atoms with Crippen molar-refractivity contribution in [3.8, 4) is 0 Å². The Morgan fingerprint density at radius 2 is 2.25 bits per heavy atom. The number of anilines is 2. The van der Waals surface area contributed by atoms with E-state index in [0.29, 0.717) is 18.0 Å². The highest BCUT2D eigenvalue weighted by atomic mass is 35.5. The molecule has 16 heavy (non-hydrogen) atoms. The number of nitrogen functional groups attached to an aromatic ring is 1. The Balaban J connectivity index is 2.69. The Kier molecular flexibility index (Phi) is 4.83. The molecule has 3 N–H and O–H groups in total. The highest BCUT2D eigenvalue weighted by Gasteiger charge is 2.08. The normalized spacial score (nSPS) is 12.5. The summed E-state index contributed by atoms with van der Waals surface area (Å²) in [5.74, 6) is -0.505. The standard InChI is InChI=1S/C11H16ClFN2O/c1-7(3-4-16-2)15-11-5-8(12)9(13)6-10(11)14/h5-7,15H,3-4,14H2,1-2H3. The largest absolute Gasteiger partial charge is 0.397 e. The van der Waals surface area contributed by atoms with Crippen molar-refractivity contribution in [2.75, 3.05) is 24.8 Å². The summed E-state index contributed by atoms with van der Waals surface area (Å²) in [4.78, 5) is 0. The average Bonchev–Trinajstić information content (AvgIpc) is 2.23. The zero-order valence-corrected chi connectivity index (χ0v) is 10.1. The number of hydrogen-bond donors (Lipinski definition) is 2. The minimum atomic E-state index is -0.505. The number of nitrogens with one attached hydrogen (secondary N) is 1. The molecule has 0 aliphatic rings. The molecule has 1 rings (SSSR count). The van der Waals surface area contributed by atoms with Gasteiger partial charge in [0.05, 0.1) is 16.4 Å². The van der Waals surface area contributed by atoms with Crippen LogP contribution in [0.2, 0.25) is 5.02 Å². The molecule has 0 saturated heterocycles.